The second-order valence-corrected chi connectivity index (χ2v) is 6.96. The predicted octanol–water partition coefficient (Wildman–Crippen LogP) is 3.72. The van der Waals surface area contributed by atoms with Crippen LogP contribution in [0.15, 0.2) is 36.4 Å². The van der Waals surface area contributed by atoms with E-state index < -0.39 is 0 Å². The summed E-state index contributed by atoms with van der Waals surface area (Å²) in [4.78, 5) is 38.5. The van der Waals surface area contributed by atoms with Crippen LogP contribution >= 0.6 is 0 Å². The van der Waals surface area contributed by atoms with Gasteiger partial charge in [0.15, 0.2) is 0 Å². The topological polar surface area (TPSA) is 75.7 Å². The molecule has 2 aromatic carbocycles. The fourth-order valence-electron chi connectivity index (χ4n) is 3.10. The molecule has 0 atom stereocenters. The summed E-state index contributed by atoms with van der Waals surface area (Å²) in [5, 5.41) is 2.82. The molecule has 1 aliphatic heterocycles. The number of nitrogens with one attached hydrogen (secondary N) is 1. The van der Waals surface area contributed by atoms with E-state index in [4.69, 9.17) is 4.74 Å². The molecule has 28 heavy (non-hydrogen) atoms. The molecule has 0 bridgehead atoms. The van der Waals surface area contributed by atoms with E-state index in [-0.39, 0.29) is 30.7 Å². The molecule has 0 saturated carbocycles. The van der Waals surface area contributed by atoms with Gasteiger partial charge in [-0.1, -0.05) is 24.6 Å². The van der Waals surface area contributed by atoms with Gasteiger partial charge in [0.25, 0.3) is 11.8 Å². The molecule has 146 valence electrons. The first-order valence-corrected chi connectivity index (χ1v) is 9.41. The first-order valence-electron chi connectivity index (χ1n) is 9.41. The van der Waals surface area contributed by atoms with E-state index in [0.29, 0.717) is 29.2 Å². The third-order valence-corrected chi connectivity index (χ3v) is 4.56. The zero-order valence-electron chi connectivity index (χ0n) is 16.4. The molecule has 0 saturated heterocycles. The second-order valence-electron chi connectivity index (χ2n) is 6.96. The number of hydrogen-bond acceptors (Lipinski definition) is 4. The maximum absolute atomic E-state index is 12.5. The van der Waals surface area contributed by atoms with Crippen molar-refractivity contribution in [2.45, 2.75) is 33.6 Å². The Morgan fingerprint density at radius 2 is 1.68 bits per heavy atom. The lowest BCUT2D eigenvalue weighted by atomic mass is 10.1. The number of fused-ring (bicyclic) bond motifs is 1. The van der Waals surface area contributed by atoms with Crippen molar-refractivity contribution in [3.05, 3.63) is 58.7 Å². The Balaban J connectivity index is 1.64. The molecule has 3 amide bonds. The molecule has 2 aromatic rings. The predicted molar refractivity (Wildman–Crippen MR) is 107 cm³/mol. The molecule has 0 fully saturated rings. The Morgan fingerprint density at radius 3 is 2.43 bits per heavy atom. The summed E-state index contributed by atoms with van der Waals surface area (Å²) in [6.45, 7) is 6.43. The number of aryl methyl sites for hydroxylation is 2. The highest BCUT2D eigenvalue weighted by molar-refractivity contribution is 6.21. The van der Waals surface area contributed by atoms with Gasteiger partial charge in [-0.25, -0.2) is 0 Å². The van der Waals surface area contributed by atoms with Gasteiger partial charge in [-0.2, -0.15) is 0 Å². The van der Waals surface area contributed by atoms with E-state index in [1.54, 1.807) is 24.3 Å². The molecule has 1 aliphatic rings. The smallest absolute Gasteiger partial charge is 0.261 e. The molecule has 0 radical (unpaired) electrons. The van der Waals surface area contributed by atoms with E-state index >= 15 is 0 Å². The van der Waals surface area contributed by atoms with Gasteiger partial charge < -0.3 is 10.1 Å². The van der Waals surface area contributed by atoms with Gasteiger partial charge in [0.1, 0.15) is 5.75 Å². The van der Waals surface area contributed by atoms with Crippen molar-refractivity contribution >= 4 is 23.4 Å². The zero-order chi connectivity index (χ0) is 20.3. The molecular weight excluding hydrogens is 356 g/mol. The van der Waals surface area contributed by atoms with Crippen LogP contribution in [0.25, 0.3) is 0 Å². The van der Waals surface area contributed by atoms with Crippen LogP contribution in [0, 0.1) is 13.8 Å². The van der Waals surface area contributed by atoms with Crippen molar-refractivity contribution in [2.75, 3.05) is 18.5 Å². The number of hydrogen-bond donors (Lipinski definition) is 1. The van der Waals surface area contributed by atoms with Crippen LogP contribution in [0.3, 0.4) is 0 Å². The maximum Gasteiger partial charge on any atom is 0.261 e. The number of benzene rings is 2. The molecule has 0 aliphatic carbocycles. The molecule has 0 aromatic heterocycles. The summed E-state index contributed by atoms with van der Waals surface area (Å²) in [6.07, 6.45) is 0.881. The Kier molecular flexibility index (Phi) is 5.78. The fourth-order valence-corrected chi connectivity index (χ4v) is 3.10. The Hall–Kier alpha value is -3.15. The number of imide groups is 1. The first-order chi connectivity index (χ1) is 13.4. The van der Waals surface area contributed by atoms with Crippen molar-refractivity contribution in [3.63, 3.8) is 0 Å². The lowest BCUT2D eigenvalue weighted by Crippen LogP contribution is -2.32. The van der Waals surface area contributed by atoms with Crippen molar-refractivity contribution in [1.29, 1.82) is 0 Å². The third kappa shape index (κ3) is 4.06. The van der Waals surface area contributed by atoms with Gasteiger partial charge in [0, 0.05) is 13.0 Å². The standard InChI is InChI=1S/C22H24N2O4/c1-4-11-28-19-13-15(3)6-8-18(19)23-20(25)9-10-24-21(26)16-7-5-14(2)12-17(16)22(24)27/h5-8,12-13H,4,9-11H2,1-3H3,(H,23,25). The summed E-state index contributed by atoms with van der Waals surface area (Å²) >= 11 is 0. The van der Waals surface area contributed by atoms with Gasteiger partial charge in [0.2, 0.25) is 5.91 Å². The highest BCUT2D eigenvalue weighted by atomic mass is 16.5. The van der Waals surface area contributed by atoms with Crippen LogP contribution in [0.1, 0.15) is 51.6 Å². The first kappa shape index (κ1) is 19.6. The lowest BCUT2D eigenvalue weighted by molar-refractivity contribution is -0.116. The number of ether oxygens (including phenoxy) is 1. The van der Waals surface area contributed by atoms with E-state index in [9.17, 15) is 14.4 Å². The van der Waals surface area contributed by atoms with Crippen molar-refractivity contribution < 1.29 is 19.1 Å². The zero-order valence-corrected chi connectivity index (χ0v) is 16.4. The highest BCUT2D eigenvalue weighted by Crippen LogP contribution is 2.27. The number of amides is 3. The molecule has 6 nitrogen and oxygen atoms in total. The molecule has 6 heteroatoms. The fraction of sp³-hybridized carbons (Fsp3) is 0.318. The normalized spacial score (nSPS) is 12.9. The lowest BCUT2D eigenvalue weighted by Gasteiger charge is -2.15. The number of rotatable bonds is 7. The van der Waals surface area contributed by atoms with Gasteiger partial charge >= 0.3 is 0 Å². The SMILES string of the molecule is CCCOc1cc(C)ccc1NC(=O)CCN1C(=O)c2ccc(C)cc2C1=O. The minimum Gasteiger partial charge on any atom is -0.491 e. The summed E-state index contributed by atoms with van der Waals surface area (Å²) in [7, 11) is 0. The van der Waals surface area contributed by atoms with E-state index in [1.165, 1.54) is 0 Å². The average Bonchev–Trinajstić information content (AvgIpc) is 2.90. The van der Waals surface area contributed by atoms with Crippen molar-refractivity contribution in [3.8, 4) is 5.75 Å². The minimum atomic E-state index is -0.352. The van der Waals surface area contributed by atoms with E-state index in [2.05, 4.69) is 5.32 Å². The third-order valence-electron chi connectivity index (χ3n) is 4.56. The van der Waals surface area contributed by atoms with Crippen LogP contribution in [-0.2, 0) is 4.79 Å². The molecule has 0 spiro atoms. The second kappa shape index (κ2) is 8.25. The van der Waals surface area contributed by atoms with Gasteiger partial charge in [-0.3, -0.25) is 19.3 Å². The minimum absolute atomic E-state index is 0.0194. The van der Waals surface area contributed by atoms with Crippen LogP contribution in [-0.4, -0.2) is 35.8 Å². The number of carbonyl (C=O) groups excluding carboxylic acids is 3. The number of nitrogens with zero attached hydrogens (tertiary/aromatic N) is 1. The van der Waals surface area contributed by atoms with E-state index in [0.717, 1.165) is 22.4 Å². The van der Waals surface area contributed by atoms with Crippen LogP contribution < -0.4 is 10.1 Å². The molecular formula is C22H24N2O4. The molecule has 3 rings (SSSR count). The summed E-state index contributed by atoms with van der Waals surface area (Å²) in [5.74, 6) is -0.363. The van der Waals surface area contributed by atoms with Gasteiger partial charge in [-0.15, -0.1) is 0 Å². The maximum atomic E-state index is 12.5. The highest BCUT2D eigenvalue weighted by Gasteiger charge is 2.35. The Labute approximate surface area is 164 Å². The Morgan fingerprint density at radius 1 is 1.00 bits per heavy atom. The molecule has 0 unspecified atom stereocenters. The quantitative estimate of drug-likeness (QED) is 0.743. The Bertz CT molecular complexity index is 936. The number of carbonyl (C=O) groups is 3. The largest absolute Gasteiger partial charge is 0.491 e. The van der Waals surface area contributed by atoms with Crippen LogP contribution in [0.4, 0.5) is 5.69 Å². The van der Waals surface area contributed by atoms with Crippen molar-refractivity contribution in [1.82, 2.24) is 4.90 Å². The van der Waals surface area contributed by atoms with Crippen LogP contribution in [0.5, 0.6) is 5.75 Å². The monoisotopic (exact) mass is 380 g/mol. The molecule has 1 N–H and O–H groups in total. The van der Waals surface area contributed by atoms with E-state index in [1.807, 2.05) is 32.9 Å². The van der Waals surface area contributed by atoms with Crippen molar-refractivity contribution in [2.24, 2.45) is 0 Å². The van der Waals surface area contributed by atoms with Gasteiger partial charge in [0.05, 0.1) is 23.4 Å². The summed E-state index contributed by atoms with van der Waals surface area (Å²) < 4.78 is 5.70. The summed E-state index contributed by atoms with van der Waals surface area (Å²) in [5.41, 5.74) is 3.33. The van der Waals surface area contributed by atoms with Gasteiger partial charge in [-0.05, 0) is 50.1 Å². The average molecular weight is 380 g/mol. The van der Waals surface area contributed by atoms with Crippen LogP contribution in [0.2, 0.25) is 0 Å². The number of anilines is 1. The summed E-state index contributed by atoms with van der Waals surface area (Å²) in [6, 6.07) is 10.7. The molecule has 1 heterocycles.